The Balaban J connectivity index is 1.30. The summed E-state index contributed by atoms with van der Waals surface area (Å²) in [4.78, 5) is 45.1. The second kappa shape index (κ2) is 13.0. The van der Waals surface area contributed by atoms with Gasteiger partial charge in [0.1, 0.15) is 0 Å². The third-order valence-electron chi connectivity index (χ3n) is 8.43. The van der Waals surface area contributed by atoms with Gasteiger partial charge in [0.15, 0.2) is 0 Å². The predicted octanol–water partition coefficient (Wildman–Crippen LogP) is 6.20. The van der Waals surface area contributed by atoms with E-state index in [-0.39, 0.29) is 23.4 Å². The van der Waals surface area contributed by atoms with Crippen LogP contribution in [0.15, 0.2) is 42.5 Å². The summed E-state index contributed by atoms with van der Waals surface area (Å²) in [5, 5.41) is 5.62. The average Bonchev–Trinajstić information content (AvgIpc) is 3.42. The number of carbonyl (C=O) groups is 3. The Bertz CT molecular complexity index is 1290. The minimum Gasteiger partial charge on any atom is -0.369 e. The summed E-state index contributed by atoms with van der Waals surface area (Å²) in [5.74, 6) is -0.0662. The molecular formula is C31H38F3N5O3. The van der Waals surface area contributed by atoms with Crippen LogP contribution in [0.5, 0.6) is 0 Å². The lowest BCUT2D eigenvalue weighted by molar-refractivity contribution is -0.137. The molecule has 226 valence electrons. The normalized spacial score (nSPS) is 18.5. The van der Waals surface area contributed by atoms with Crippen molar-refractivity contribution in [2.75, 3.05) is 54.8 Å². The Morgan fingerprint density at radius 3 is 2.17 bits per heavy atom. The fraction of sp³-hybridized carbons (Fsp3) is 0.516. The van der Waals surface area contributed by atoms with Crippen molar-refractivity contribution in [1.29, 1.82) is 0 Å². The van der Waals surface area contributed by atoms with Crippen molar-refractivity contribution in [3.05, 3.63) is 53.6 Å². The highest BCUT2D eigenvalue weighted by Gasteiger charge is 2.31. The minimum atomic E-state index is -4.50. The number of nitrogens with zero attached hydrogens (tertiary/aromatic N) is 3. The zero-order chi connectivity index (χ0) is 29.7. The molecule has 2 heterocycles. The Morgan fingerprint density at radius 1 is 0.714 bits per heavy atom. The SMILES string of the molecule is O=C(Nc1ccc(N2CCCN(C(=O)Nc3cccc(C(F)(F)F)c3)CC2)c(C(=O)N2CCCCC2)c1)C1CCCC1. The molecule has 4 amide bonds. The van der Waals surface area contributed by atoms with Crippen LogP contribution in [-0.4, -0.2) is 66.9 Å². The van der Waals surface area contributed by atoms with Crippen molar-refractivity contribution in [3.63, 3.8) is 0 Å². The van der Waals surface area contributed by atoms with E-state index in [1.54, 1.807) is 11.0 Å². The van der Waals surface area contributed by atoms with E-state index in [0.717, 1.165) is 62.8 Å². The summed E-state index contributed by atoms with van der Waals surface area (Å²) in [6, 6.07) is 9.61. The van der Waals surface area contributed by atoms with E-state index >= 15 is 0 Å². The molecule has 2 saturated heterocycles. The molecule has 3 aliphatic rings. The lowest BCUT2D eigenvalue weighted by atomic mass is 10.0. The van der Waals surface area contributed by atoms with Crippen molar-refractivity contribution >= 4 is 34.9 Å². The Labute approximate surface area is 244 Å². The van der Waals surface area contributed by atoms with Gasteiger partial charge in [0.2, 0.25) is 5.91 Å². The van der Waals surface area contributed by atoms with Crippen LogP contribution < -0.4 is 15.5 Å². The van der Waals surface area contributed by atoms with Crippen LogP contribution in [0.4, 0.5) is 35.0 Å². The molecule has 0 radical (unpaired) electrons. The number of amides is 4. The highest BCUT2D eigenvalue weighted by molar-refractivity contribution is 6.02. The van der Waals surface area contributed by atoms with Crippen molar-refractivity contribution < 1.29 is 27.6 Å². The van der Waals surface area contributed by atoms with E-state index < -0.39 is 17.8 Å². The zero-order valence-electron chi connectivity index (χ0n) is 23.7. The number of piperidine rings is 1. The van der Waals surface area contributed by atoms with Crippen LogP contribution in [0, 0.1) is 5.92 Å². The first-order valence-electron chi connectivity index (χ1n) is 14.9. The second-order valence-electron chi connectivity index (χ2n) is 11.4. The second-order valence-corrected chi connectivity index (χ2v) is 11.4. The van der Waals surface area contributed by atoms with Crippen molar-refractivity contribution in [3.8, 4) is 0 Å². The molecule has 2 N–H and O–H groups in total. The fourth-order valence-electron chi connectivity index (χ4n) is 6.10. The molecule has 2 aromatic carbocycles. The number of anilines is 3. The molecule has 0 spiro atoms. The number of hydrogen-bond donors (Lipinski definition) is 2. The molecular weight excluding hydrogens is 547 g/mol. The van der Waals surface area contributed by atoms with Crippen molar-refractivity contribution in [1.82, 2.24) is 9.80 Å². The first kappa shape index (κ1) is 29.7. The van der Waals surface area contributed by atoms with Gasteiger partial charge >= 0.3 is 12.2 Å². The number of hydrogen-bond acceptors (Lipinski definition) is 4. The largest absolute Gasteiger partial charge is 0.416 e. The number of carbonyl (C=O) groups excluding carboxylic acids is 3. The van der Waals surface area contributed by atoms with Crippen LogP contribution in [0.1, 0.15) is 67.3 Å². The number of rotatable bonds is 5. The third kappa shape index (κ3) is 7.17. The molecule has 42 heavy (non-hydrogen) atoms. The van der Waals surface area contributed by atoms with Gasteiger partial charge in [-0.25, -0.2) is 4.79 Å². The first-order chi connectivity index (χ1) is 20.2. The zero-order valence-corrected chi connectivity index (χ0v) is 23.7. The molecule has 2 aliphatic heterocycles. The van der Waals surface area contributed by atoms with Gasteiger partial charge in [0, 0.05) is 62.2 Å². The van der Waals surface area contributed by atoms with Gasteiger partial charge in [-0.1, -0.05) is 18.9 Å². The maximum absolute atomic E-state index is 13.7. The summed E-state index contributed by atoms with van der Waals surface area (Å²) >= 11 is 0. The molecule has 0 atom stereocenters. The van der Waals surface area contributed by atoms with Gasteiger partial charge < -0.3 is 25.3 Å². The van der Waals surface area contributed by atoms with Crippen LogP contribution in [0.2, 0.25) is 0 Å². The Hall–Kier alpha value is -3.76. The molecule has 5 rings (SSSR count). The van der Waals surface area contributed by atoms with E-state index in [0.29, 0.717) is 56.9 Å². The molecule has 11 heteroatoms. The first-order valence-corrected chi connectivity index (χ1v) is 14.9. The molecule has 0 unspecified atom stereocenters. The summed E-state index contributed by atoms with van der Waals surface area (Å²) in [7, 11) is 0. The number of likely N-dealkylation sites (tertiary alicyclic amines) is 1. The highest BCUT2D eigenvalue weighted by atomic mass is 19.4. The topological polar surface area (TPSA) is 85.0 Å². The molecule has 8 nitrogen and oxygen atoms in total. The fourth-order valence-corrected chi connectivity index (χ4v) is 6.10. The minimum absolute atomic E-state index is 0.00426. The molecule has 0 bridgehead atoms. The predicted molar refractivity (Wildman–Crippen MR) is 156 cm³/mol. The lowest BCUT2D eigenvalue weighted by Gasteiger charge is -2.31. The molecule has 1 aliphatic carbocycles. The monoisotopic (exact) mass is 585 g/mol. The van der Waals surface area contributed by atoms with Crippen molar-refractivity contribution in [2.45, 2.75) is 57.5 Å². The number of halogens is 3. The quantitative estimate of drug-likeness (QED) is 0.438. The summed E-state index contributed by atoms with van der Waals surface area (Å²) in [5.41, 5.74) is 1.15. The van der Waals surface area contributed by atoms with Crippen LogP contribution >= 0.6 is 0 Å². The summed E-state index contributed by atoms with van der Waals surface area (Å²) in [6.45, 7) is 3.20. The highest BCUT2D eigenvalue weighted by Crippen LogP contribution is 2.32. The van der Waals surface area contributed by atoms with Gasteiger partial charge in [-0.15, -0.1) is 0 Å². The molecule has 1 saturated carbocycles. The summed E-state index contributed by atoms with van der Waals surface area (Å²) in [6.07, 6.45) is 3.01. The molecule has 0 aromatic heterocycles. The maximum atomic E-state index is 13.7. The third-order valence-corrected chi connectivity index (χ3v) is 8.43. The average molecular weight is 586 g/mol. The van der Waals surface area contributed by atoms with Gasteiger partial charge in [-0.3, -0.25) is 9.59 Å². The van der Waals surface area contributed by atoms with Gasteiger partial charge in [0.25, 0.3) is 5.91 Å². The standard InChI is InChI=1S/C31H38F3N5O3/c32-31(33,34)23-10-6-11-24(20-23)36-30(42)39-17-7-16-37(18-19-39)27-13-12-25(35-28(40)22-8-2-3-9-22)21-26(27)29(41)38-14-4-1-5-15-38/h6,10-13,20-22H,1-5,7-9,14-19H2,(H,35,40)(H,36,42). The van der Waals surface area contributed by atoms with Gasteiger partial charge in [0.05, 0.1) is 11.1 Å². The Kier molecular flexibility index (Phi) is 9.23. The van der Waals surface area contributed by atoms with E-state index in [4.69, 9.17) is 0 Å². The van der Waals surface area contributed by atoms with Crippen molar-refractivity contribution in [2.24, 2.45) is 5.92 Å². The number of alkyl halides is 3. The molecule has 2 aromatic rings. The van der Waals surface area contributed by atoms with Gasteiger partial charge in [-0.2, -0.15) is 13.2 Å². The molecule has 3 fully saturated rings. The number of urea groups is 1. The van der Waals surface area contributed by atoms with Gasteiger partial charge in [-0.05, 0) is 74.9 Å². The van der Waals surface area contributed by atoms with E-state index in [9.17, 15) is 27.6 Å². The number of benzene rings is 2. The van der Waals surface area contributed by atoms with E-state index in [1.807, 2.05) is 17.0 Å². The van der Waals surface area contributed by atoms with E-state index in [1.165, 1.54) is 12.1 Å². The van der Waals surface area contributed by atoms with Crippen LogP contribution in [0.25, 0.3) is 0 Å². The van der Waals surface area contributed by atoms with E-state index in [2.05, 4.69) is 15.5 Å². The lowest BCUT2D eigenvalue weighted by Crippen LogP contribution is -2.39. The number of nitrogens with one attached hydrogen (secondary N) is 2. The van der Waals surface area contributed by atoms with Crippen LogP contribution in [-0.2, 0) is 11.0 Å². The summed E-state index contributed by atoms with van der Waals surface area (Å²) < 4.78 is 39.3. The van der Waals surface area contributed by atoms with Crippen LogP contribution in [0.3, 0.4) is 0 Å². The smallest absolute Gasteiger partial charge is 0.369 e. The Morgan fingerprint density at radius 2 is 1.43 bits per heavy atom. The maximum Gasteiger partial charge on any atom is 0.416 e.